The lowest BCUT2D eigenvalue weighted by atomic mass is 10.0. The Morgan fingerprint density at radius 3 is 2.70 bits per heavy atom. The second-order valence-corrected chi connectivity index (χ2v) is 5.81. The van der Waals surface area contributed by atoms with E-state index in [9.17, 15) is 5.11 Å². The quantitative estimate of drug-likeness (QED) is 0.802. The van der Waals surface area contributed by atoms with Crippen molar-refractivity contribution >= 4 is 11.8 Å². The summed E-state index contributed by atoms with van der Waals surface area (Å²) in [7, 11) is 3.96. The van der Waals surface area contributed by atoms with Crippen molar-refractivity contribution in [3.8, 4) is 0 Å². The molecular formula is C14H23N5O. The summed E-state index contributed by atoms with van der Waals surface area (Å²) in [6, 6.07) is 0. The highest BCUT2D eigenvalue weighted by Gasteiger charge is 2.25. The van der Waals surface area contributed by atoms with Crippen LogP contribution < -0.4 is 15.1 Å². The molecule has 0 saturated carbocycles. The first-order valence-electron chi connectivity index (χ1n) is 7.36. The smallest absolute Gasteiger partial charge is 0.227 e. The minimum absolute atomic E-state index is 0.157. The molecule has 0 aromatic carbocycles. The lowest BCUT2D eigenvalue weighted by Gasteiger charge is -2.33. The lowest BCUT2D eigenvalue weighted by Crippen LogP contribution is -2.38. The van der Waals surface area contributed by atoms with Crippen molar-refractivity contribution in [2.75, 3.05) is 43.5 Å². The van der Waals surface area contributed by atoms with Gasteiger partial charge in [-0.25, -0.2) is 4.98 Å². The fraction of sp³-hybridized carbons (Fsp3) is 0.714. The van der Waals surface area contributed by atoms with Gasteiger partial charge in [0.25, 0.3) is 0 Å². The molecule has 0 unspecified atom stereocenters. The highest BCUT2D eigenvalue weighted by Crippen LogP contribution is 2.28. The Hall–Kier alpha value is -1.40. The Kier molecular flexibility index (Phi) is 3.76. The third-order valence-corrected chi connectivity index (χ3v) is 4.06. The summed E-state index contributed by atoms with van der Waals surface area (Å²) in [5, 5.41) is 13.1. The molecule has 110 valence electrons. The molecular weight excluding hydrogens is 254 g/mol. The van der Waals surface area contributed by atoms with Crippen LogP contribution in [0.5, 0.6) is 0 Å². The number of hydrogen-bond donors (Lipinski definition) is 2. The average molecular weight is 277 g/mol. The van der Waals surface area contributed by atoms with Gasteiger partial charge in [-0.05, 0) is 12.8 Å². The summed E-state index contributed by atoms with van der Waals surface area (Å²) in [5.41, 5.74) is 2.40. The van der Waals surface area contributed by atoms with Crippen LogP contribution in [0.1, 0.15) is 24.1 Å². The molecule has 3 rings (SSSR count). The Morgan fingerprint density at radius 2 is 2.00 bits per heavy atom. The van der Waals surface area contributed by atoms with E-state index in [1.54, 1.807) is 0 Å². The van der Waals surface area contributed by atoms with Gasteiger partial charge in [-0.1, -0.05) is 0 Å². The number of rotatable bonds is 2. The van der Waals surface area contributed by atoms with Crippen LogP contribution in [-0.4, -0.2) is 54.9 Å². The van der Waals surface area contributed by atoms with Crippen molar-refractivity contribution in [1.29, 1.82) is 0 Å². The molecule has 6 nitrogen and oxygen atoms in total. The molecule has 0 atom stereocenters. The number of aromatic nitrogens is 2. The van der Waals surface area contributed by atoms with Crippen LogP contribution in [0, 0.1) is 0 Å². The Labute approximate surface area is 119 Å². The molecule has 2 aliphatic heterocycles. The van der Waals surface area contributed by atoms with Crippen molar-refractivity contribution in [2.24, 2.45) is 0 Å². The van der Waals surface area contributed by atoms with Gasteiger partial charge in [0.1, 0.15) is 5.82 Å². The largest absolute Gasteiger partial charge is 0.393 e. The molecule has 1 fully saturated rings. The Bertz CT molecular complexity index is 483. The zero-order valence-corrected chi connectivity index (χ0v) is 12.3. The maximum Gasteiger partial charge on any atom is 0.227 e. The number of piperidine rings is 1. The van der Waals surface area contributed by atoms with E-state index in [4.69, 9.17) is 4.98 Å². The summed E-state index contributed by atoms with van der Waals surface area (Å²) in [4.78, 5) is 13.7. The zero-order valence-electron chi connectivity index (χ0n) is 12.3. The van der Waals surface area contributed by atoms with E-state index in [1.165, 1.54) is 11.3 Å². The monoisotopic (exact) mass is 277 g/mol. The predicted molar refractivity (Wildman–Crippen MR) is 79.2 cm³/mol. The highest BCUT2D eigenvalue weighted by atomic mass is 16.3. The third kappa shape index (κ3) is 2.58. The summed E-state index contributed by atoms with van der Waals surface area (Å²) in [6.07, 6.45) is 2.45. The number of fused-ring (bicyclic) bond motifs is 1. The molecule has 2 N–H and O–H groups in total. The first kappa shape index (κ1) is 13.6. The van der Waals surface area contributed by atoms with Gasteiger partial charge < -0.3 is 20.2 Å². The number of nitrogens with one attached hydrogen (secondary N) is 1. The average Bonchev–Trinajstić information content (AvgIpc) is 2.47. The molecule has 0 spiro atoms. The van der Waals surface area contributed by atoms with Gasteiger partial charge in [-0.15, -0.1) is 0 Å². The normalized spacial score (nSPS) is 19.9. The van der Waals surface area contributed by atoms with Crippen LogP contribution in [0.4, 0.5) is 11.8 Å². The molecule has 2 aliphatic rings. The molecule has 6 heteroatoms. The van der Waals surface area contributed by atoms with Gasteiger partial charge in [0.2, 0.25) is 5.95 Å². The van der Waals surface area contributed by atoms with E-state index < -0.39 is 0 Å². The minimum Gasteiger partial charge on any atom is -0.393 e. The molecule has 3 heterocycles. The van der Waals surface area contributed by atoms with Crippen molar-refractivity contribution < 1.29 is 5.11 Å². The molecule has 0 bridgehead atoms. The van der Waals surface area contributed by atoms with Crippen LogP contribution in [0.2, 0.25) is 0 Å². The van der Waals surface area contributed by atoms with Gasteiger partial charge in [0, 0.05) is 52.3 Å². The summed E-state index contributed by atoms with van der Waals surface area (Å²) in [5.74, 6) is 1.84. The van der Waals surface area contributed by atoms with Crippen LogP contribution in [0.15, 0.2) is 0 Å². The van der Waals surface area contributed by atoms with Crippen molar-refractivity contribution in [2.45, 2.75) is 31.9 Å². The summed E-state index contributed by atoms with van der Waals surface area (Å²) >= 11 is 0. The number of aliphatic hydroxyl groups excluding tert-OH is 1. The summed E-state index contributed by atoms with van der Waals surface area (Å²) in [6.45, 7) is 3.57. The second kappa shape index (κ2) is 5.54. The van der Waals surface area contributed by atoms with Gasteiger partial charge in [-0.3, -0.25) is 0 Å². The first-order valence-corrected chi connectivity index (χ1v) is 7.36. The molecule has 0 amide bonds. The van der Waals surface area contributed by atoms with E-state index in [2.05, 4.69) is 15.2 Å². The van der Waals surface area contributed by atoms with E-state index >= 15 is 0 Å². The lowest BCUT2D eigenvalue weighted by molar-refractivity contribution is 0.145. The maximum absolute atomic E-state index is 9.68. The van der Waals surface area contributed by atoms with Crippen LogP contribution >= 0.6 is 0 Å². The van der Waals surface area contributed by atoms with Crippen LogP contribution in [-0.2, 0) is 13.0 Å². The zero-order chi connectivity index (χ0) is 14.1. The van der Waals surface area contributed by atoms with Crippen molar-refractivity contribution in [3.05, 3.63) is 11.3 Å². The molecule has 1 aromatic rings. The Balaban J connectivity index is 1.97. The molecule has 1 saturated heterocycles. The van der Waals surface area contributed by atoms with Crippen LogP contribution in [0.25, 0.3) is 0 Å². The fourth-order valence-corrected chi connectivity index (χ4v) is 2.85. The fourth-order valence-electron chi connectivity index (χ4n) is 2.85. The van der Waals surface area contributed by atoms with Gasteiger partial charge in [0.15, 0.2) is 0 Å². The van der Waals surface area contributed by atoms with Crippen molar-refractivity contribution in [3.63, 3.8) is 0 Å². The molecule has 1 aromatic heterocycles. The number of nitrogens with zero attached hydrogens (tertiary/aromatic N) is 4. The van der Waals surface area contributed by atoms with E-state index in [0.29, 0.717) is 0 Å². The topological polar surface area (TPSA) is 64.5 Å². The third-order valence-electron chi connectivity index (χ3n) is 4.06. The number of hydrogen-bond acceptors (Lipinski definition) is 6. The SMILES string of the molecule is CN(C)c1nc2c(c(N3CCC(O)CC3)n1)CNCC2. The van der Waals surface area contributed by atoms with E-state index in [-0.39, 0.29) is 6.10 Å². The van der Waals surface area contributed by atoms with Gasteiger partial charge in [0.05, 0.1) is 11.8 Å². The second-order valence-electron chi connectivity index (χ2n) is 5.81. The minimum atomic E-state index is -0.157. The molecule has 0 radical (unpaired) electrons. The molecule has 0 aliphatic carbocycles. The number of anilines is 2. The van der Waals surface area contributed by atoms with Gasteiger partial charge >= 0.3 is 0 Å². The standard InChI is InChI=1S/C14H23N5O/c1-18(2)14-16-12-3-6-15-9-11(12)13(17-14)19-7-4-10(20)5-8-19/h10,15,20H,3-9H2,1-2H3. The Morgan fingerprint density at radius 1 is 1.25 bits per heavy atom. The van der Waals surface area contributed by atoms with E-state index in [1.807, 2.05) is 19.0 Å². The highest BCUT2D eigenvalue weighted by molar-refractivity contribution is 5.54. The van der Waals surface area contributed by atoms with Gasteiger partial charge in [-0.2, -0.15) is 4.98 Å². The number of aliphatic hydroxyl groups is 1. The van der Waals surface area contributed by atoms with E-state index in [0.717, 1.165) is 57.2 Å². The predicted octanol–water partition coefficient (Wildman–Crippen LogP) is 0.149. The van der Waals surface area contributed by atoms with Crippen molar-refractivity contribution in [1.82, 2.24) is 15.3 Å². The molecule has 20 heavy (non-hydrogen) atoms. The summed E-state index contributed by atoms with van der Waals surface area (Å²) < 4.78 is 0. The maximum atomic E-state index is 9.68. The first-order chi connectivity index (χ1) is 9.65. The van der Waals surface area contributed by atoms with Crippen LogP contribution in [0.3, 0.4) is 0 Å².